The monoisotopic (exact) mass is 324 g/mol. The van der Waals surface area contributed by atoms with Crippen molar-refractivity contribution in [1.29, 1.82) is 0 Å². The average Bonchev–Trinajstić information content (AvgIpc) is 2.80. The maximum atomic E-state index is 12.8. The third-order valence-electron chi connectivity index (χ3n) is 4.45. The normalized spacial score (nSPS) is 21.6. The van der Waals surface area contributed by atoms with E-state index in [9.17, 15) is 13.2 Å². The van der Waals surface area contributed by atoms with Gasteiger partial charge in [-0.05, 0) is 25.5 Å². The Morgan fingerprint density at radius 2 is 1.91 bits per heavy atom. The standard InChI is InChI=1S/C15H20N2O4S/c1-11-3-4-13(12(2)9-11)22(19,20)17-7-5-15(6-8-17)10-16-14(18)21-15/h3-4,9H,5-8,10H2,1-2H3,(H,16,18). The Labute approximate surface area is 130 Å². The molecule has 0 saturated carbocycles. The summed E-state index contributed by atoms with van der Waals surface area (Å²) in [5.74, 6) is 0. The van der Waals surface area contributed by atoms with Gasteiger partial charge in [-0.3, -0.25) is 0 Å². The van der Waals surface area contributed by atoms with Gasteiger partial charge in [0.15, 0.2) is 0 Å². The van der Waals surface area contributed by atoms with Crippen LogP contribution in [0.25, 0.3) is 0 Å². The fraction of sp³-hybridized carbons (Fsp3) is 0.533. The van der Waals surface area contributed by atoms with Crippen LogP contribution in [-0.4, -0.2) is 44.1 Å². The first-order valence-corrected chi connectivity index (χ1v) is 8.81. The number of piperidine rings is 1. The molecule has 1 aromatic carbocycles. The minimum absolute atomic E-state index is 0.357. The van der Waals surface area contributed by atoms with E-state index in [4.69, 9.17) is 4.74 Å². The Kier molecular flexibility index (Phi) is 3.65. The van der Waals surface area contributed by atoms with E-state index in [2.05, 4.69) is 5.32 Å². The SMILES string of the molecule is Cc1ccc(S(=O)(=O)N2CCC3(CC2)CNC(=O)O3)c(C)c1. The molecule has 2 saturated heterocycles. The van der Waals surface area contributed by atoms with Gasteiger partial charge in [0.05, 0.1) is 11.4 Å². The number of sulfonamides is 1. The predicted octanol–water partition coefficient (Wildman–Crippen LogP) is 1.57. The number of benzene rings is 1. The molecule has 1 aromatic rings. The molecule has 1 spiro atoms. The van der Waals surface area contributed by atoms with Crippen LogP contribution in [0.15, 0.2) is 23.1 Å². The molecule has 1 amide bonds. The maximum absolute atomic E-state index is 12.8. The van der Waals surface area contributed by atoms with E-state index in [-0.39, 0.29) is 0 Å². The summed E-state index contributed by atoms with van der Waals surface area (Å²) in [7, 11) is -3.50. The Balaban J connectivity index is 1.79. The summed E-state index contributed by atoms with van der Waals surface area (Å²) < 4.78 is 32.4. The Hall–Kier alpha value is -1.60. The van der Waals surface area contributed by atoms with E-state index in [0.29, 0.717) is 37.4 Å². The molecule has 0 aromatic heterocycles. The summed E-state index contributed by atoms with van der Waals surface area (Å²) in [6.07, 6.45) is 0.636. The van der Waals surface area contributed by atoms with E-state index in [0.717, 1.165) is 11.1 Å². The zero-order valence-corrected chi connectivity index (χ0v) is 13.6. The number of carbonyl (C=O) groups excluding carboxylic acids is 1. The molecule has 0 aliphatic carbocycles. The topological polar surface area (TPSA) is 75.7 Å². The number of hydrogen-bond acceptors (Lipinski definition) is 4. The van der Waals surface area contributed by atoms with Gasteiger partial charge in [0.2, 0.25) is 10.0 Å². The zero-order chi connectivity index (χ0) is 16.0. The Morgan fingerprint density at radius 1 is 1.23 bits per heavy atom. The Bertz CT molecular complexity index is 706. The summed E-state index contributed by atoms with van der Waals surface area (Å²) in [5.41, 5.74) is 1.26. The zero-order valence-electron chi connectivity index (χ0n) is 12.8. The lowest BCUT2D eigenvalue weighted by molar-refractivity contribution is 0.0173. The van der Waals surface area contributed by atoms with Crippen molar-refractivity contribution >= 4 is 16.1 Å². The third-order valence-corrected chi connectivity index (χ3v) is 6.50. The highest BCUT2D eigenvalue weighted by atomic mass is 32.2. The molecule has 0 bridgehead atoms. The number of hydrogen-bond donors (Lipinski definition) is 1. The number of ether oxygens (including phenoxy) is 1. The summed E-state index contributed by atoms with van der Waals surface area (Å²) >= 11 is 0. The maximum Gasteiger partial charge on any atom is 0.407 e. The van der Waals surface area contributed by atoms with Crippen molar-refractivity contribution in [3.8, 4) is 0 Å². The molecule has 22 heavy (non-hydrogen) atoms. The average molecular weight is 324 g/mol. The van der Waals surface area contributed by atoms with Crippen molar-refractivity contribution < 1.29 is 17.9 Å². The molecule has 0 radical (unpaired) electrons. The van der Waals surface area contributed by atoms with Gasteiger partial charge in [-0.2, -0.15) is 4.31 Å². The first-order valence-electron chi connectivity index (χ1n) is 7.37. The van der Waals surface area contributed by atoms with Crippen LogP contribution in [-0.2, 0) is 14.8 Å². The first-order chi connectivity index (χ1) is 10.3. The van der Waals surface area contributed by atoms with Gasteiger partial charge < -0.3 is 10.1 Å². The molecule has 1 N–H and O–H groups in total. The quantitative estimate of drug-likeness (QED) is 0.896. The smallest absolute Gasteiger partial charge is 0.407 e. The molecular weight excluding hydrogens is 304 g/mol. The molecule has 3 rings (SSSR count). The highest BCUT2D eigenvalue weighted by Crippen LogP contribution is 2.32. The highest BCUT2D eigenvalue weighted by Gasteiger charge is 2.45. The van der Waals surface area contributed by atoms with Crippen LogP contribution in [0.4, 0.5) is 4.79 Å². The van der Waals surface area contributed by atoms with Crippen molar-refractivity contribution in [2.24, 2.45) is 0 Å². The fourth-order valence-corrected chi connectivity index (χ4v) is 4.79. The number of rotatable bonds is 2. The van der Waals surface area contributed by atoms with Gasteiger partial charge in [0, 0.05) is 25.9 Å². The summed E-state index contributed by atoms with van der Waals surface area (Å²) in [6.45, 7) is 4.95. The van der Waals surface area contributed by atoms with Crippen molar-refractivity contribution in [1.82, 2.24) is 9.62 Å². The van der Waals surface area contributed by atoms with Gasteiger partial charge in [0.25, 0.3) is 0 Å². The molecule has 0 unspecified atom stereocenters. The highest BCUT2D eigenvalue weighted by molar-refractivity contribution is 7.89. The molecule has 2 aliphatic rings. The molecule has 7 heteroatoms. The lowest BCUT2D eigenvalue weighted by atomic mass is 9.93. The van der Waals surface area contributed by atoms with Crippen molar-refractivity contribution in [3.05, 3.63) is 29.3 Å². The van der Waals surface area contributed by atoms with Crippen LogP contribution in [0.1, 0.15) is 24.0 Å². The van der Waals surface area contributed by atoms with Crippen LogP contribution < -0.4 is 5.32 Å². The Morgan fingerprint density at radius 3 is 2.45 bits per heavy atom. The molecule has 120 valence electrons. The van der Waals surface area contributed by atoms with E-state index in [1.807, 2.05) is 26.0 Å². The van der Waals surface area contributed by atoms with Crippen molar-refractivity contribution in [3.63, 3.8) is 0 Å². The summed E-state index contributed by atoms with van der Waals surface area (Å²) in [6, 6.07) is 5.36. The van der Waals surface area contributed by atoms with Crippen molar-refractivity contribution in [2.75, 3.05) is 19.6 Å². The second-order valence-corrected chi connectivity index (χ2v) is 8.01. The number of nitrogens with one attached hydrogen (secondary N) is 1. The van der Waals surface area contributed by atoms with Gasteiger partial charge >= 0.3 is 6.09 Å². The lowest BCUT2D eigenvalue weighted by Crippen LogP contribution is -2.48. The predicted molar refractivity (Wildman–Crippen MR) is 81.1 cm³/mol. The minimum atomic E-state index is -3.50. The van der Waals surface area contributed by atoms with Crippen molar-refractivity contribution in [2.45, 2.75) is 37.2 Å². The fourth-order valence-electron chi connectivity index (χ4n) is 3.14. The van der Waals surface area contributed by atoms with Crippen LogP contribution in [0, 0.1) is 13.8 Å². The summed E-state index contributed by atoms with van der Waals surface area (Å²) in [5, 5.41) is 2.65. The minimum Gasteiger partial charge on any atom is -0.441 e. The molecule has 2 fully saturated rings. The number of alkyl carbamates (subject to hydrolysis) is 1. The molecule has 6 nitrogen and oxygen atoms in total. The van der Waals surface area contributed by atoms with E-state index in [1.54, 1.807) is 6.07 Å². The van der Waals surface area contributed by atoms with Crippen LogP contribution in [0.3, 0.4) is 0 Å². The van der Waals surface area contributed by atoms with Gasteiger partial charge in [-0.15, -0.1) is 0 Å². The number of carbonyl (C=O) groups is 1. The summed E-state index contributed by atoms with van der Waals surface area (Å²) in [4.78, 5) is 11.6. The largest absolute Gasteiger partial charge is 0.441 e. The van der Waals surface area contributed by atoms with Crippen LogP contribution in [0.5, 0.6) is 0 Å². The lowest BCUT2D eigenvalue weighted by Gasteiger charge is -2.36. The molecule has 2 aliphatic heterocycles. The first kappa shape index (κ1) is 15.3. The molecular formula is C15H20N2O4S. The number of amides is 1. The molecule has 0 atom stereocenters. The van der Waals surface area contributed by atoms with Crippen LogP contribution >= 0.6 is 0 Å². The van der Waals surface area contributed by atoms with Gasteiger partial charge in [-0.25, -0.2) is 13.2 Å². The second-order valence-electron chi connectivity index (χ2n) is 6.10. The van der Waals surface area contributed by atoms with E-state index < -0.39 is 21.7 Å². The number of aryl methyl sites for hydroxylation is 2. The third kappa shape index (κ3) is 2.59. The van der Waals surface area contributed by atoms with Gasteiger partial charge in [0.1, 0.15) is 5.60 Å². The van der Waals surface area contributed by atoms with Crippen LogP contribution in [0.2, 0.25) is 0 Å². The number of nitrogens with zero attached hydrogens (tertiary/aromatic N) is 1. The second kappa shape index (κ2) is 5.24. The van der Waals surface area contributed by atoms with Gasteiger partial charge in [-0.1, -0.05) is 17.7 Å². The van der Waals surface area contributed by atoms with E-state index in [1.165, 1.54) is 4.31 Å². The molecule has 2 heterocycles. The van der Waals surface area contributed by atoms with E-state index >= 15 is 0 Å².